The van der Waals surface area contributed by atoms with Crippen LogP contribution in [0, 0.1) is 5.41 Å². The molecule has 9 heteroatoms. The zero-order valence-corrected chi connectivity index (χ0v) is 16.1. The number of ether oxygens (including phenoxy) is 1. The van der Waals surface area contributed by atoms with Gasteiger partial charge in [0.05, 0.1) is 12.5 Å². The molecule has 0 spiro atoms. The summed E-state index contributed by atoms with van der Waals surface area (Å²) in [6, 6.07) is 6.54. The minimum Gasteiger partial charge on any atom is -0.481 e. The van der Waals surface area contributed by atoms with Gasteiger partial charge in [-0.3, -0.25) is 14.4 Å². The molecule has 1 aromatic rings. The number of ketones is 1. The number of carboxylic acids is 1. The van der Waals surface area contributed by atoms with Crippen molar-refractivity contribution in [2.45, 2.75) is 56.5 Å². The molecule has 2 atom stereocenters. The van der Waals surface area contributed by atoms with Crippen molar-refractivity contribution in [2.75, 3.05) is 0 Å². The predicted octanol–water partition coefficient (Wildman–Crippen LogP) is 0.487. The van der Waals surface area contributed by atoms with Gasteiger partial charge in [-0.1, -0.05) is 31.0 Å². The van der Waals surface area contributed by atoms with Crippen LogP contribution in [0.4, 0.5) is 0 Å². The van der Waals surface area contributed by atoms with E-state index in [4.69, 9.17) is 27.0 Å². The Morgan fingerprint density at radius 3 is 2.24 bits per heavy atom. The number of benzene rings is 1. The van der Waals surface area contributed by atoms with Crippen LogP contribution in [-0.2, 0) is 19.2 Å². The number of hydrogen-bond acceptors (Lipinski definition) is 7. The quantitative estimate of drug-likeness (QED) is 0.247. The second kappa shape index (κ2) is 9.15. The second-order valence-corrected chi connectivity index (χ2v) is 7.59. The van der Waals surface area contributed by atoms with E-state index in [1.54, 1.807) is 18.2 Å². The maximum absolute atomic E-state index is 12.9. The minimum absolute atomic E-state index is 0.105. The lowest BCUT2D eigenvalue weighted by Crippen LogP contribution is -2.62. The Morgan fingerprint density at radius 1 is 1.14 bits per heavy atom. The Bertz CT molecular complexity index is 776. The van der Waals surface area contributed by atoms with Crippen LogP contribution in [0.15, 0.2) is 30.3 Å². The standard InChI is InChI=1S/C20H27N3O6/c21-14(12-15(24)25)16(26)20(23,18(28)29-13-6-2-1-3-7-13)11-10-19(17(22)27)8-4-5-9-19/h1-3,6-7,14H,4-5,8-12,21,23H2,(H2,22,27)(H,24,25)/t14-,20?/m1/s1. The van der Waals surface area contributed by atoms with Crippen LogP contribution in [0.2, 0.25) is 0 Å². The molecule has 1 amide bonds. The Balaban J connectivity index is 2.28. The van der Waals surface area contributed by atoms with Gasteiger partial charge < -0.3 is 27.0 Å². The summed E-state index contributed by atoms with van der Waals surface area (Å²) in [6.07, 6.45) is 1.89. The molecule has 1 aliphatic rings. The molecule has 1 aliphatic carbocycles. The summed E-state index contributed by atoms with van der Waals surface area (Å²) in [5.74, 6) is -3.62. The second-order valence-electron chi connectivity index (χ2n) is 7.59. The maximum atomic E-state index is 12.9. The molecule has 0 radical (unpaired) electrons. The molecule has 158 valence electrons. The van der Waals surface area contributed by atoms with Crippen LogP contribution in [0.1, 0.15) is 44.9 Å². The van der Waals surface area contributed by atoms with Crippen LogP contribution in [0.5, 0.6) is 5.75 Å². The molecule has 9 nitrogen and oxygen atoms in total. The number of primary amides is 1. The molecule has 7 N–H and O–H groups in total. The van der Waals surface area contributed by atoms with E-state index >= 15 is 0 Å². The van der Waals surface area contributed by atoms with E-state index in [9.17, 15) is 19.2 Å². The molecule has 1 unspecified atom stereocenters. The van der Waals surface area contributed by atoms with Crippen molar-refractivity contribution < 1.29 is 29.0 Å². The van der Waals surface area contributed by atoms with Crippen molar-refractivity contribution in [1.29, 1.82) is 0 Å². The fourth-order valence-corrected chi connectivity index (χ4v) is 3.73. The van der Waals surface area contributed by atoms with E-state index < -0.39 is 47.0 Å². The Morgan fingerprint density at radius 2 is 1.72 bits per heavy atom. The largest absolute Gasteiger partial charge is 0.481 e. The molecule has 0 bridgehead atoms. The minimum atomic E-state index is -2.20. The number of nitrogens with two attached hydrogens (primary N) is 3. The van der Waals surface area contributed by atoms with Crippen molar-refractivity contribution in [3.63, 3.8) is 0 Å². The Hall–Kier alpha value is -2.78. The van der Waals surface area contributed by atoms with Gasteiger partial charge in [0.25, 0.3) is 0 Å². The molecule has 0 heterocycles. The van der Waals surface area contributed by atoms with Crippen molar-refractivity contribution in [2.24, 2.45) is 22.6 Å². The number of carboxylic acid groups (broad SMARTS) is 1. The number of esters is 1. The first-order valence-electron chi connectivity index (χ1n) is 9.48. The first-order valence-corrected chi connectivity index (χ1v) is 9.48. The molecule has 0 saturated heterocycles. The molecule has 1 saturated carbocycles. The smallest absolute Gasteiger partial charge is 0.339 e. The van der Waals surface area contributed by atoms with Crippen LogP contribution in [0.25, 0.3) is 0 Å². The highest BCUT2D eigenvalue weighted by Gasteiger charge is 2.49. The maximum Gasteiger partial charge on any atom is 0.339 e. The summed E-state index contributed by atoms with van der Waals surface area (Å²) >= 11 is 0. The van der Waals surface area contributed by atoms with Gasteiger partial charge in [-0.05, 0) is 37.8 Å². The molecule has 1 aromatic carbocycles. The number of carbonyl (C=O) groups is 4. The third-order valence-electron chi connectivity index (χ3n) is 5.57. The van der Waals surface area contributed by atoms with E-state index in [0.29, 0.717) is 12.8 Å². The van der Waals surface area contributed by atoms with Crippen LogP contribution < -0.4 is 21.9 Å². The zero-order valence-electron chi connectivity index (χ0n) is 16.1. The SMILES string of the molecule is NC(=O)C1(CCC(N)(C(=O)Oc2ccccc2)C(=O)[C@H](N)CC(=O)O)CCCC1. The highest BCUT2D eigenvalue weighted by atomic mass is 16.5. The van der Waals surface area contributed by atoms with Gasteiger partial charge in [-0.25, -0.2) is 4.79 Å². The first-order chi connectivity index (χ1) is 13.6. The molecule has 1 fully saturated rings. The van der Waals surface area contributed by atoms with E-state index in [-0.39, 0.29) is 18.6 Å². The third-order valence-corrected chi connectivity index (χ3v) is 5.57. The highest BCUT2D eigenvalue weighted by Crippen LogP contribution is 2.43. The first kappa shape index (κ1) is 22.5. The normalized spacial score (nSPS) is 18.4. The summed E-state index contributed by atoms with van der Waals surface area (Å²) < 4.78 is 5.26. The average Bonchev–Trinajstić information content (AvgIpc) is 3.16. The number of amides is 1. The molecular weight excluding hydrogens is 378 g/mol. The number of Topliss-reactive ketones (excluding diaryl/α,β-unsaturated/α-hetero) is 1. The molecular formula is C20H27N3O6. The van der Waals surface area contributed by atoms with Gasteiger partial charge in [0.2, 0.25) is 5.91 Å². The molecule has 29 heavy (non-hydrogen) atoms. The van der Waals surface area contributed by atoms with E-state index in [0.717, 1.165) is 12.8 Å². The highest BCUT2D eigenvalue weighted by molar-refractivity contribution is 6.11. The summed E-state index contributed by atoms with van der Waals surface area (Å²) in [7, 11) is 0. The lowest BCUT2D eigenvalue weighted by molar-refractivity contribution is -0.149. The predicted molar refractivity (Wildman–Crippen MR) is 104 cm³/mol. The van der Waals surface area contributed by atoms with Crippen molar-refractivity contribution in [1.82, 2.24) is 0 Å². The van der Waals surface area contributed by atoms with E-state index in [1.807, 2.05) is 0 Å². The van der Waals surface area contributed by atoms with Crippen LogP contribution in [-0.4, -0.2) is 40.3 Å². The van der Waals surface area contributed by atoms with Crippen LogP contribution in [0.3, 0.4) is 0 Å². The lowest BCUT2D eigenvalue weighted by atomic mass is 9.75. The van der Waals surface area contributed by atoms with Crippen molar-refractivity contribution in [3.05, 3.63) is 30.3 Å². The third kappa shape index (κ3) is 5.18. The van der Waals surface area contributed by atoms with E-state index in [1.165, 1.54) is 12.1 Å². The molecule has 2 rings (SSSR count). The van der Waals surface area contributed by atoms with Gasteiger partial charge in [0.15, 0.2) is 11.3 Å². The van der Waals surface area contributed by atoms with Crippen LogP contribution >= 0.6 is 0 Å². The summed E-state index contributed by atoms with van der Waals surface area (Å²) in [4.78, 5) is 48.7. The average molecular weight is 405 g/mol. The monoisotopic (exact) mass is 405 g/mol. The number of aliphatic carboxylic acids is 1. The fraction of sp³-hybridized carbons (Fsp3) is 0.500. The van der Waals surface area contributed by atoms with E-state index in [2.05, 4.69) is 0 Å². The molecule has 0 aliphatic heterocycles. The Kier molecular flexibility index (Phi) is 7.10. The summed E-state index contributed by atoms with van der Waals surface area (Å²) in [5, 5.41) is 8.94. The fourth-order valence-electron chi connectivity index (χ4n) is 3.73. The number of carbonyl (C=O) groups excluding carboxylic acids is 3. The number of para-hydroxylation sites is 1. The van der Waals surface area contributed by atoms with Gasteiger partial charge in [0, 0.05) is 5.41 Å². The number of rotatable bonds is 10. The number of hydrogen-bond donors (Lipinski definition) is 4. The summed E-state index contributed by atoms with van der Waals surface area (Å²) in [5.41, 5.74) is 14.4. The zero-order chi connectivity index (χ0) is 21.7. The lowest BCUT2D eigenvalue weighted by Gasteiger charge is -2.32. The van der Waals surface area contributed by atoms with Gasteiger partial charge in [-0.15, -0.1) is 0 Å². The molecule has 0 aromatic heterocycles. The summed E-state index contributed by atoms with van der Waals surface area (Å²) in [6.45, 7) is 0. The van der Waals surface area contributed by atoms with Gasteiger partial charge >= 0.3 is 11.9 Å². The van der Waals surface area contributed by atoms with Crippen molar-refractivity contribution in [3.8, 4) is 5.75 Å². The Labute approximate surface area is 168 Å². The van der Waals surface area contributed by atoms with Crippen molar-refractivity contribution >= 4 is 23.6 Å². The van der Waals surface area contributed by atoms with Gasteiger partial charge in [-0.2, -0.15) is 0 Å². The topological polar surface area (TPSA) is 176 Å². The van der Waals surface area contributed by atoms with Gasteiger partial charge in [0.1, 0.15) is 5.75 Å².